The number of rotatable bonds is 5. The minimum atomic E-state index is 0.557. The fraction of sp³-hybridized carbons (Fsp3) is 0.143. The van der Waals surface area contributed by atoms with E-state index in [0.717, 1.165) is 10.6 Å². The van der Waals surface area contributed by atoms with Crippen molar-refractivity contribution >= 4 is 40.7 Å². The molecule has 0 unspecified atom stereocenters. The summed E-state index contributed by atoms with van der Waals surface area (Å²) in [6.07, 6.45) is 0. The number of hydrogen-bond donors (Lipinski definition) is 1. The molecule has 2 aromatic rings. The maximum absolute atomic E-state index is 6.08. The van der Waals surface area contributed by atoms with Crippen molar-refractivity contribution in [2.45, 2.75) is 4.90 Å². The van der Waals surface area contributed by atoms with E-state index in [4.69, 9.17) is 33.7 Å². The fourth-order valence-corrected chi connectivity index (χ4v) is 2.82. The zero-order valence-corrected chi connectivity index (χ0v) is 12.4. The van der Waals surface area contributed by atoms with Crippen LogP contribution in [0.2, 0.25) is 10.0 Å². The Morgan fingerprint density at radius 3 is 2.68 bits per heavy atom. The van der Waals surface area contributed by atoms with E-state index >= 15 is 0 Å². The highest BCUT2D eigenvalue weighted by Gasteiger charge is 2.03. The predicted octanol–water partition coefficient (Wildman–Crippen LogP) is 4.75. The summed E-state index contributed by atoms with van der Waals surface area (Å²) in [7, 11) is 0. The third kappa shape index (κ3) is 4.23. The van der Waals surface area contributed by atoms with Crippen LogP contribution in [-0.4, -0.2) is 12.4 Å². The van der Waals surface area contributed by atoms with E-state index in [2.05, 4.69) is 0 Å². The van der Waals surface area contributed by atoms with Crippen LogP contribution >= 0.6 is 35.0 Å². The van der Waals surface area contributed by atoms with E-state index in [9.17, 15) is 0 Å². The lowest BCUT2D eigenvalue weighted by Crippen LogP contribution is -2.02. The monoisotopic (exact) mass is 313 g/mol. The molecular formula is C14H13Cl2NOS. The quantitative estimate of drug-likeness (QED) is 0.491. The molecule has 0 heterocycles. The van der Waals surface area contributed by atoms with Gasteiger partial charge in [-0.25, -0.2) is 0 Å². The van der Waals surface area contributed by atoms with Gasteiger partial charge in [0.1, 0.15) is 5.75 Å². The first-order valence-corrected chi connectivity index (χ1v) is 7.46. The summed E-state index contributed by atoms with van der Waals surface area (Å²) < 4.78 is 5.61. The number of hydrogen-bond acceptors (Lipinski definition) is 3. The van der Waals surface area contributed by atoms with Gasteiger partial charge in [0.15, 0.2) is 0 Å². The number of halogens is 2. The third-order valence-electron chi connectivity index (χ3n) is 2.41. The SMILES string of the molecule is Nc1ccccc1OCCSc1cc(Cl)ccc1Cl. The summed E-state index contributed by atoms with van der Waals surface area (Å²) in [6.45, 7) is 0.557. The van der Waals surface area contributed by atoms with Gasteiger partial charge in [-0.3, -0.25) is 0 Å². The highest BCUT2D eigenvalue weighted by atomic mass is 35.5. The molecular weight excluding hydrogens is 301 g/mol. The Hall–Kier alpha value is -1.03. The Morgan fingerprint density at radius 1 is 1.11 bits per heavy atom. The van der Waals surface area contributed by atoms with Gasteiger partial charge in [0, 0.05) is 15.7 Å². The second kappa shape index (κ2) is 6.94. The molecule has 0 radical (unpaired) electrons. The number of ether oxygens (including phenoxy) is 1. The molecule has 0 saturated carbocycles. The number of anilines is 1. The van der Waals surface area contributed by atoms with Gasteiger partial charge in [-0.2, -0.15) is 0 Å². The van der Waals surface area contributed by atoms with Crippen LogP contribution in [0.3, 0.4) is 0 Å². The molecule has 2 nitrogen and oxygen atoms in total. The van der Waals surface area contributed by atoms with E-state index in [1.165, 1.54) is 0 Å². The van der Waals surface area contributed by atoms with Crippen molar-refractivity contribution in [2.24, 2.45) is 0 Å². The first-order valence-electron chi connectivity index (χ1n) is 5.72. The number of nitrogens with two attached hydrogens (primary N) is 1. The van der Waals surface area contributed by atoms with E-state index in [-0.39, 0.29) is 0 Å². The van der Waals surface area contributed by atoms with Crippen LogP contribution in [0.1, 0.15) is 0 Å². The molecule has 2 N–H and O–H groups in total. The molecule has 0 atom stereocenters. The van der Waals surface area contributed by atoms with Crippen LogP contribution in [0.25, 0.3) is 0 Å². The van der Waals surface area contributed by atoms with E-state index < -0.39 is 0 Å². The lowest BCUT2D eigenvalue weighted by atomic mass is 10.3. The Bertz CT molecular complexity index is 563. The lowest BCUT2D eigenvalue weighted by Gasteiger charge is -2.09. The Morgan fingerprint density at radius 2 is 1.89 bits per heavy atom. The Balaban J connectivity index is 1.84. The van der Waals surface area contributed by atoms with Crippen molar-refractivity contribution < 1.29 is 4.74 Å². The van der Waals surface area contributed by atoms with Gasteiger partial charge < -0.3 is 10.5 Å². The van der Waals surface area contributed by atoms with Gasteiger partial charge in [-0.15, -0.1) is 11.8 Å². The number of nitrogen functional groups attached to an aromatic ring is 1. The fourth-order valence-electron chi connectivity index (χ4n) is 1.50. The standard InChI is InChI=1S/C14H13Cl2NOS/c15-10-5-6-11(16)14(9-10)19-8-7-18-13-4-2-1-3-12(13)17/h1-6,9H,7-8,17H2. The normalized spacial score (nSPS) is 10.4. The van der Waals surface area contributed by atoms with E-state index in [0.29, 0.717) is 28.1 Å². The third-order valence-corrected chi connectivity index (χ3v) is 4.11. The van der Waals surface area contributed by atoms with Gasteiger partial charge >= 0.3 is 0 Å². The smallest absolute Gasteiger partial charge is 0.142 e. The maximum atomic E-state index is 6.08. The van der Waals surface area contributed by atoms with Gasteiger partial charge in [0.25, 0.3) is 0 Å². The molecule has 19 heavy (non-hydrogen) atoms. The molecule has 5 heteroatoms. The van der Waals surface area contributed by atoms with Gasteiger partial charge in [-0.05, 0) is 30.3 Å². The van der Waals surface area contributed by atoms with Crippen molar-refractivity contribution in [2.75, 3.05) is 18.1 Å². The first-order chi connectivity index (χ1) is 9.16. The van der Waals surface area contributed by atoms with Crippen LogP contribution < -0.4 is 10.5 Å². The largest absolute Gasteiger partial charge is 0.491 e. The molecule has 0 saturated heterocycles. The summed E-state index contributed by atoms with van der Waals surface area (Å²) in [4.78, 5) is 0.957. The summed E-state index contributed by atoms with van der Waals surface area (Å²) in [5.41, 5.74) is 6.43. The summed E-state index contributed by atoms with van der Waals surface area (Å²) >= 11 is 13.6. The molecule has 0 amide bonds. The van der Waals surface area contributed by atoms with Gasteiger partial charge in [0.2, 0.25) is 0 Å². The average molecular weight is 314 g/mol. The van der Waals surface area contributed by atoms with Gasteiger partial charge in [0.05, 0.1) is 17.3 Å². The molecule has 2 rings (SSSR count). The van der Waals surface area contributed by atoms with Crippen LogP contribution in [-0.2, 0) is 0 Å². The summed E-state index contributed by atoms with van der Waals surface area (Å²) in [6, 6.07) is 12.9. The van der Waals surface area contributed by atoms with E-state index in [1.54, 1.807) is 23.9 Å². The van der Waals surface area contributed by atoms with Crippen molar-refractivity contribution in [3.63, 3.8) is 0 Å². The number of thioether (sulfide) groups is 1. The maximum Gasteiger partial charge on any atom is 0.142 e. The van der Waals surface area contributed by atoms with Crippen LogP contribution in [0, 0.1) is 0 Å². The van der Waals surface area contributed by atoms with Crippen LogP contribution in [0.4, 0.5) is 5.69 Å². The topological polar surface area (TPSA) is 35.2 Å². The van der Waals surface area contributed by atoms with Crippen molar-refractivity contribution in [3.8, 4) is 5.75 Å². The molecule has 0 aromatic heterocycles. The molecule has 0 aliphatic rings. The number of benzene rings is 2. The highest BCUT2D eigenvalue weighted by Crippen LogP contribution is 2.30. The second-order valence-electron chi connectivity index (χ2n) is 3.81. The van der Waals surface area contributed by atoms with E-state index in [1.807, 2.05) is 30.3 Å². The van der Waals surface area contributed by atoms with Gasteiger partial charge in [-0.1, -0.05) is 35.3 Å². The first kappa shape index (κ1) is 14.4. The molecule has 0 bridgehead atoms. The summed E-state index contributed by atoms with van der Waals surface area (Å²) in [5.74, 6) is 1.48. The molecule has 100 valence electrons. The minimum absolute atomic E-state index is 0.557. The van der Waals surface area contributed by atoms with Crippen molar-refractivity contribution in [3.05, 3.63) is 52.5 Å². The molecule has 2 aromatic carbocycles. The summed E-state index contributed by atoms with van der Waals surface area (Å²) in [5, 5.41) is 1.38. The van der Waals surface area contributed by atoms with Crippen LogP contribution in [0.5, 0.6) is 5.75 Å². The number of para-hydroxylation sites is 2. The Kier molecular flexibility index (Phi) is 5.25. The second-order valence-corrected chi connectivity index (χ2v) is 5.79. The zero-order chi connectivity index (χ0) is 13.7. The van der Waals surface area contributed by atoms with Crippen molar-refractivity contribution in [1.82, 2.24) is 0 Å². The average Bonchev–Trinajstić information content (AvgIpc) is 2.40. The zero-order valence-electron chi connectivity index (χ0n) is 10.1. The highest BCUT2D eigenvalue weighted by molar-refractivity contribution is 7.99. The minimum Gasteiger partial charge on any atom is -0.491 e. The van der Waals surface area contributed by atoms with Crippen molar-refractivity contribution in [1.29, 1.82) is 0 Å². The molecule has 0 fully saturated rings. The lowest BCUT2D eigenvalue weighted by molar-refractivity contribution is 0.346. The molecule has 0 aliphatic heterocycles. The molecule has 0 spiro atoms. The van der Waals surface area contributed by atoms with Crippen LogP contribution in [0.15, 0.2) is 47.4 Å². The predicted molar refractivity (Wildman–Crippen MR) is 83.5 cm³/mol. The Labute approximate surface area is 126 Å². The molecule has 0 aliphatic carbocycles.